The van der Waals surface area contributed by atoms with E-state index in [0.717, 1.165) is 96.8 Å². The predicted molar refractivity (Wildman–Crippen MR) is 120 cm³/mol. The van der Waals surface area contributed by atoms with Gasteiger partial charge in [-0.15, -0.1) is 0 Å². The van der Waals surface area contributed by atoms with Crippen LogP contribution in [-0.2, 0) is 4.74 Å². The van der Waals surface area contributed by atoms with Crippen molar-refractivity contribution in [3.63, 3.8) is 0 Å². The van der Waals surface area contributed by atoms with Crippen molar-refractivity contribution in [2.24, 2.45) is 5.92 Å². The maximum Gasteiger partial charge on any atom is 0.270 e. The van der Waals surface area contributed by atoms with Crippen molar-refractivity contribution in [3.8, 4) is 0 Å². The average molecular weight is 431 g/mol. The molecule has 1 aromatic carbocycles. The Labute approximate surface area is 184 Å². The topological polar surface area (TPSA) is 79.2 Å². The van der Waals surface area contributed by atoms with E-state index in [1.165, 1.54) is 18.6 Å². The number of morpholine rings is 1. The van der Waals surface area contributed by atoms with Crippen LogP contribution in [0.1, 0.15) is 48.9 Å². The lowest BCUT2D eigenvalue weighted by molar-refractivity contribution is -0.384. The van der Waals surface area contributed by atoms with Crippen LogP contribution in [0.25, 0.3) is 0 Å². The number of hydrogen-bond donors (Lipinski definition) is 0. The van der Waals surface area contributed by atoms with Crippen molar-refractivity contribution in [1.82, 2.24) is 9.80 Å². The summed E-state index contributed by atoms with van der Waals surface area (Å²) in [5, 5.41) is 11.3. The van der Waals surface area contributed by atoms with Gasteiger partial charge in [-0.2, -0.15) is 0 Å². The lowest BCUT2D eigenvalue weighted by Gasteiger charge is -2.35. The summed E-state index contributed by atoms with van der Waals surface area (Å²) in [6, 6.07) is 4.78. The van der Waals surface area contributed by atoms with E-state index in [-0.39, 0.29) is 11.6 Å². The minimum atomic E-state index is -0.408. The molecule has 0 aliphatic carbocycles. The van der Waals surface area contributed by atoms with Gasteiger partial charge in [-0.25, -0.2) is 0 Å². The molecule has 8 nitrogen and oxygen atoms in total. The third-order valence-corrected chi connectivity index (χ3v) is 6.98. The molecule has 1 aromatic rings. The van der Waals surface area contributed by atoms with Crippen LogP contribution in [0.5, 0.6) is 0 Å². The number of likely N-dealkylation sites (tertiary alicyclic amines) is 1. The van der Waals surface area contributed by atoms with Crippen LogP contribution in [0.15, 0.2) is 18.2 Å². The SMILES string of the molecule is O=C(c1cc([N+](=O)[O-])ccc1N1CCCCC1)N1CCC(CCN2CCOCC2)CC1. The Morgan fingerprint density at radius 1 is 1.03 bits per heavy atom. The maximum atomic E-state index is 13.4. The first-order valence-corrected chi connectivity index (χ1v) is 11.7. The summed E-state index contributed by atoms with van der Waals surface area (Å²) in [7, 11) is 0. The van der Waals surface area contributed by atoms with E-state index < -0.39 is 4.92 Å². The lowest BCUT2D eigenvalue weighted by Crippen LogP contribution is -2.41. The van der Waals surface area contributed by atoms with Crippen molar-refractivity contribution in [2.45, 2.75) is 38.5 Å². The number of hydrogen-bond acceptors (Lipinski definition) is 6. The molecular formula is C23H34N4O4. The number of benzene rings is 1. The number of carbonyl (C=O) groups excluding carboxylic acids is 1. The van der Waals surface area contributed by atoms with Crippen LogP contribution >= 0.6 is 0 Å². The summed E-state index contributed by atoms with van der Waals surface area (Å²) in [6.07, 6.45) is 6.56. The predicted octanol–water partition coefficient (Wildman–Crippen LogP) is 3.16. The quantitative estimate of drug-likeness (QED) is 0.510. The largest absolute Gasteiger partial charge is 0.379 e. The van der Waals surface area contributed by atoms with Gasteiger partial charge in [0.15, 0.2) is 0 Å². The number of rotatable bonds is 6. The summed E-state index contributed by atoms with van der Waals surface area (Å²) in [4.78, 5) is 30.9. The number of carbonyl (C=O) groups is 1. The van der Waals surface area contributed by atoms with Crippen molar-refractivity contribution < 1.29 is 14.5 Å². The summed E-state index contributed by atoms with van der Waals surface area (Å²) in [5.41, 5.74) is 1.33. The number of non-ortho nitro benzene ring substituents is 1. The molecule has 0 saturated carbocycles. The monoisotopic (exact) mass is 430 g/mol. The molecule has 0 unspecified atom stereocenters. The zero-order valence-electron chi connectivity index (χ0n) is 18.3. The summed E-state index contributed by atoms with van der Waals surface area (Å²) in [6.45, 7) is 8.07. The molecule has 3 aliphatic heterocycles. The Kier molecular flexibility index (Phi) is 7.40. The van der Waals surface area contributed by atoms with Gasteiger partial charge < -0.3 is 14.5 Å². The normalized spacial score (nSPS) is 21.3. The van der Waals surface area contributed by atoms with Crippen LogP contribution in [0.2, 0.25) is 0 Å². The number of nitro groups is 1. The van der Waals surface area contributed by atoms with Gasteiger partial charge in [0.2, 0.25) is 0 Å². The smallest absolute Gasteiger partial charge is 0.270 e. The van der Waals surface area contributed by atoms with Gasteiger partial charge in [0.1, 0.15) is 0 Å². The Bertz CT molecular complexity index is 767. The number of anilines is 1. The van der Waals surface area contributed by atoms with E-state index in [4.69, 9.17) is 4.74 Å². The highest BCUT2D eigenvalue weighted by Crippen LogP contribution is 2.30. The second-order valence-electron chi connectivity index (χ2n) is 8.98. The van der Waals surface area contributed by atoms with Gasteiger partial charge in [-0.1, -0.05) is 0 Å². The summed E-state index contributed by atoms with van der Waals surface area (Å²) in [5.74, 6) is 0.578. The molecule has 4 rings (SSSR count). The molecule has 3 heterocycles. The second-order valence-corrected chi connectivity index (χ2v) is 8.98. The van der Waals surface area contributed by atoms with Gasteiger partial charge >= 0.3 is 0 Å². The average Bonchev–Trinajstić information content (AvgIpc) is 2.83. The molecule has 0 spiro atoms. The standard InChI is InChI=1S/C23H34N4O4/c28-23(26-12-7-19(8-13-26)6-11-24-14-16-31-17-15-24)21-18-20(27(29)30)4-5-22(21)25-9-2-1-3-10-25/h4-5,18-19H,1-3,6-17H2. The minimum Gasteiger partial charge on any atom is -0.379 e. The Balaban J connectivity index is 1.39. The first-order valence-electron chi connectivity index (χ1n) is 11.7. The molecule has 1 amide bonds. The number of amides is 1. The fourth-order valence-corrected chi connectivity index (χ4v) is 5.00. The summed E-state index contributed by atoms with van der Waals surface area (Å²) >= 11 is 0. The molecule has 8 heteroatoms. The molecule has 0 radical (unpaired) electrons. The second kappa shape index (κ2) is 10.4. The highest BCUT2D eigenvalue weighted by atomic mass is 16.6. The van der Waals surface area contributed by atoms with Gasteiger partial charge in [0, 0.05) is 51.4 Å². The van der Waals surface area contributed by atoms with Gasteiger partial charge in [0.25, 0.3) is 11.6 Å². The third kappa shape index (κ3) is 5.54. The van der Waals surface area contributed by atoms with E-state index in [1.807, 2.05) is 4.90 Å². The van der Waals surface area contributed by atoms with Crippen LogP contribution in [-0.4, -0.2) is 79.7 Å². The maximum absolute atomic E-state index is 13.4. The zero-order chi connectivity index (χ0) is 21.6. The molecule has 31 heavy (non-hydrogen) atoms. The van der Waals surface area contributed by atoms with Crippen LogP contribution < -0.4 is 4.90 Å². The molecule has 3 fully saturated rings. The molecule has 170 valence electrons. The Morgan fingerprint density at radius 3 is 2.42 bits per heavy atom. The molecule has 3 aliphatic rings. The number of piperidine rings is 2. The fourth-order valence-electron chi connectivity index (χ4n) is 5.00. The van der Waals surface area contributed by atoms with Crippen molar-refractivity contribution in [2.75, 3.05) is 63.9 Å². The van der Waals surface area contributed by atoms with Crippen LogP contribution in [0, 0.1) is 16.0 Å². The number of nitro benzene ring substituents is 1. The van der Waals surface area contributed by atoms with Crippen LogP contribution in [0.4, 0.5) is 11.4 Å². The summed E-state index contributed by atoms with van der Waals surface area (Å²) < 4.78 is 5.42. The van der Waals surface area contributed by atoms with E-state index in [9.17, 15) is 14.9 Å². The Morgan fingerprint density at radius 2 is 1.74 bits per heavy atom. The highest BCUT2D eigenvalue weighted by molar-refractivity contribution is 6.00. The van der Waals surface area contributed by atoms with Crippen LogP contribution in [0.3, 0.4) is 0 Å². The number of ether oxygens (including phenoxy) is 1. The van der Waals surface area contributed by atoms with Crippen molar-refractivity contribution >= 4 is 17.3 Å². The first kappa shape index (κ1) is 22.0. The molecule has 0 aromatic heterocycles. The third-order valence-electron chi connectivity index (χ3n) is 6.98. The zero-order valence-corrected chi connectivity index (χ0v) is 18.3. The minimum absolute atomic E-state index is 0.00972. The molecule has 0 atom stereocenters. The fraction of sp³-hybridized carbons (Fsp3) is 0.696. The van der Waals surface area contributed by atoms with E-state index in [1.54, 1.807) is 6.07 Å². The molecule has 0 bridgehead atoms. The highest BCUT2D eigenvalue weighted by Gasteiger charge is 2.28. The van der Waals surface area contributed by atoms with E-state index in [0.29, 0.717) is 11.5 Å². The van der Waals surface area contributed by atoms with Gasteiger partial charge in [0.05, 0.1) is 29.4 Å². The molecular weight excluding hydrogens is 396 g/mol. The van der Waals surface area contributed by atoms with Gasteiger partial charge in [-0.05, 0) is 57.1 Å². The van der Waals surface area contributed by atoms with E-state index in [2.05, 4.69) is 9.80 Å². The van der Waals surface area contributed by atoms with Gasteiger partial charge in [-0.3, -0.25) is 19.8 Å². The Hall–Kier alpha value is -2.19. The van der Waals surface area contributed by atoms with E-state index >= 15 is 0 Å². The molecule has 3 saturated heterocycles. The number of nitrogens with zero attached hydrogens (tertiary/aromatic N) is 4. The lowest BCUT2D eigenvalue weighted by atomic mass is 9.92. The van der Waals surface area contributed by atoms with Crippen molar-refractivity contribution in [3.05, 3.63) is 33.9 Å². The first-order chi connectivity index (χ1) is 15.1. The molecule has 0 N–H and O–H groups in total. The van der Waals surface area contributed by atoms with Crippen molar-refractivity contribution in [1.29, 1.82) is 0 Å².